The smallest absolute Gasteiger partial charge is 0.143 e. The van der Waals surface area contributed by atoms with Crippen LogP contribution in [0.5, 0.6) is 5.75 Å². The molecule has 1 aromatic heterocycles. The fourth-order valence-corrected chi connectivity index (χ4v) is 1.25. The molecular weight excluding hydrogens is 188 g/mol. The summed E-state index contributed by atoms with van der Waals surface area (Å²) in [7, 11) is 1.89. The van der Waals surface area contributed by atoms with Crippen molar-refractivity contribution in [3.05, 3.63) is 36.2 Å². The predicted octanol–water partition coefficient (Wildman–Crippen LogP) is 2.06. The molecule has 3 heteroatoms. The van der Waals surface area contributed by atoms with Crippen molar-refractivity contribution in [3.63, 3.8) is 0 Å². The van der Waals surface area contributed by atoms with Crippen molar-refractivity contribution in [1.29, 1.82) is 0 Å². The summed E-state index contributed by atoms with van der Waals surface area (Å²) in [5.74, 6) is 0.822. The lowest BCUT2D eigenvalue weighted by Crippen LogP contribution is -2.13. The summed E-state index contributed by atoms with van der Waals surface area (Å²) >= 11 is 0. The van der Waals surface area contributed by atoms with Crippen LogP contribution in [0.4, 0.5) is 0 Å². The molecule has 0 bridgehead atoms. The van der Waals surface area contributed by atoms with Gasteiger partial charge in [-0.15, -0.1) is 0 Å². The van der Waals surface area contributed by atoms with Crippen molar-refractivity contribution in [2.45, 2.75) is 26.5 Å². The summed E-state index contributed by atoms with van der Waals surface area (Å²) in [5, 5.41) is 3.07. The maximum absolute atomic E-state index is 5.68. The van der Waals surface area contributed by atoms with E-state index < -0.39 is 0 Å². The molecule has 0 saturated carbocycles. The van der Waals surface area contributed by atoms with Crippen LogP contribution in [0.2, 0.25) is 0 Å². The Morgan fingerprint density at radius 1 is 1.60 bits per heavy atom. The lowest BCUT2D eigenvalue weighted by atomic mass is 10.2. The van der Waals surface area contributed by atoms with E-state index in [2.05, 4.69) is 16.9 Å². The Morgan fingerprint density at radius 3 is 2.93 bits per heavy atom. The third kappa shape index (κ3) is 3.36. The van der Waals surface area contributed by atoms with Gasteiger partial charge < -0.3 is 10.1 Å². The number of hydrogen-bond acceptors (Lipinski definition) is 3. The van der Waals surface area contributed by atoms with E-state index >= 15 is 0 Å². The van der Waals surface area contributed by atoms with E-state index in [1.807, 2.05) is 33.0 Å². The molecule has 0 aliphatic carbocycles. The van der Waals surface area contributed by atoms with Gasteiger partial charge in [-0.3, -0.25) is 4.98 Å². The molecule has 1 N–H and O–H groups in total. The number of hydrogen-bond donors (Lipinski definition) is 1. The molecule has 0 saturated heterocycles. The first-order chi connectivity index (χ1) is 7.17. The summed E-state index contributed by atoms with van der Waals surface area (Å²) in [6, 6.07) is 3.90. The van der Waals surface area contributed by atoms with Crippen molar-refractivity contribution in [1.82, 2.24) is 10.3 Å². The summed E-state index contributed by atoms with van der Waals surface area (Å²) < 4.78 is 5.68. The first kappa shape index (κ1) is 11.7. The van der Waals surface area contributed by atoms with Gasteiger partial charge in [-0.1, -0.05) is 12.7 Å². The number of aryl methyl sites for hydroxylation is 1. The second kappa shape index (κ2) is 5.51. The van der Waals surface area contributed by atoms with Crippen molar-refractivity contribution in [2.24, 2.45) is 0 Å². The Labute approximate surface area is 91.2 Å². The van der Waals surface area contributed by atoms with Gasteiger partial charge in [0.05, 0.1) is 5.69 Å². The second-order valence-corrected chi connectivity index (χ2v) is 3.49. The Morgan fingerprint density at radius 2 is 2.33 bits per heavy atom. The van der Waals surface area contributed by atoms with Crippen LogP contribution in [0.15, 0.2) is 24.8 Å². The second-order valence-electron chi connectivity index (χ2n) is 3.49. The highest BCUT2D eigenvalue weighted by molar-refractivity contribution is 5.29. The number of ether oxygens (including phenoxy) is 1. The van der Waals surface area contributed by atoms with Crippen LogP contribution < -0.4 is 10.1 Å². The molecule has 82 valence electrons. The van der Waals surface area contributed by atoms with Crippen molar-refractivity contribution in [3.8, 4) is 5.75 Å². The Balaban J connectivity index is 2.89. The summed E-state index contributed by atoms with van der Waals surface area (Å²) in [6.45, 7) is 8.32. The monoisotopic (exact) mass is 206 g/mol. The van der Waals surface area contributed by atoms with Gasteiger partial charge in [0.15, 0.2) is 0 Å². The lowest BCUT2D eigenvalue weighted by molar-refractivity contribution is 0.265. The van der Waals surface area contributed by atoms with Crippen LogP contribution in [0.25, 0.3) is 0 Å². The first-order valence-corrected chi connectivity index (χ1v) is 5.07. The molecule has 0 fully saturated rings. The van der Waals surface area contributed by atoms with E-state index in [0.717, 1.165) is 17.1 Å². The van der Waals surface area contributed by atoms with Gasteiger partial charge in [-0.05, 0) is 33.0 Å². The number of rotatable bonds is 5. The van der Waals surface area contributed by atoms with Crippen molar-refractivity contribution in [2.75, 3.05) is 7.05 Å². The maximum atomic E-state index is 5.68. The van der Waals surface area contributed by atoms with E-state index in [-0.39, 0.29) is 6.10 Å². The SMILES string of the molecule is C=CC(C)Oc1ccc(C)nc1CNC. The summed E-state index contributed by atoms with van der Waals surface area (Å²) in [6.07, 6.45) is 1.77. The van der Waals surface area contributed by atoms with E-state index in [4.69, 9.17) is 4.74 Å². The molecule has 0 aromatic carbocycles. The molecule has 0 spiro atoms. The number of nitrogens with zero attached hydrogens (tertiary/aromatic N) is 1. The number of nitrogens with one attached hydrogen (secondary N) is 1. The van der Waals surface area contributed by atoms with Gasteiger partial charge >= 0.3 is 0 Å². The van der Waals surface area contributed by atoms with Gasteiger partial charge in [0, 0.05) is 12.2 Å². The average molecular weight is 206 g/mol. The summed E-state index contributed by atoms with van der Waals surface area (Å²) in [4.78, 5) is 4.43. The zero-order valence-electron chi connectivity index (χ0n) is 9.58. The van der Waals surface area contributed by atoms with Crippen molar-refractivity contribution < 1.29 is 4.74 Å². The van der Waals surface area contributed by atoms with E-state index in [1.165, 1.54) is 0 Å². The number of pyridine rings is 1. The Bertz CT molecular complexity index is 336. The first-order valence-electron chi connectivity index (χ1n) is 5.07. The molecule has 0 aliphatic rings. The van der Waals surface area contributed by atoms with E-state index in [0.29, 0.717) is 6.54 Å². The van der Waals surface area contributed by atoms with Gasteiger partial charge in [0.2, 0.25) is 0 Å². The minimum atomic E-state index is 0.00473. The highest BCUT2D eigenvalue weighted by atomic mass is 16.5. The molecule has 0 aliphatic heterocycles. The largest absolute Gasteiger partial charge is 0.485 e. The minimum Gasteiger partial charge on any atom is -0.485 e. The van der Waals surface area contributed by atoms with E-state index in [9.17, 15) is 0 Å². The zero-order chi connectivity index (χ0) is 11.3. The molecule has 1 unspecified atom stereocenters. The Hall–Kier alpha value is -1.35. The average Bonchev–Trinajstić information content (AvgIpc) is 2.22. The van der Waals surface area contributed by atoms with Crippen LogP contribution in [-0.2, 0) is 6.54 Å². The van der Waals surface area contributed by atoms with Gasteiger partial charge in [0.1, 0.15) is 11.9 Å². The Kier molecular flexibility index (Phi) is 4.31. The molecule has 15 heavy (non-hydrogen) atoms. The molecule has 0 radical (unpaired) electrons. The van der Waals surface area contributed by atoms with Crippen LogP contribution in [0.3, 0.4) is 0 Å². The maximum Gasteiger partial charge on any atom is 0.143 e. The quantitative estimate of drug-likeness (QED) is 0.749. The van der Waals surface area contributed by atoms with Gasteiger partial charge in [0.25, 0.3) is 0 Å². The van der Waals surface area contributed by atoms with E-state index in [1.54, 1.807) is 6.08 Å². The van der Waals surface area contributed by atoms with Crippen LogP contribution in [-0.4, -0.2) is 18.1 Å². The van der Waals surface area contributed by atoms with Gasteiger partial charge in [-0.2, -0.15) is 0 Å². The molecular formula is C12H18N2O. The molecule has 1 heterocycles. The molecule has 1 aromatic rings. The highest BCUT2D eigenvalue weighted by Gasteiger charge is 2.07. The van der Waals surface area contributed by atoms with Crippen molar-refractivity contribution >= 4 is 0 Å². The minimum absolute atomic E-state index is 0.00473. The third-order valence-electron chi connectivity index (χ3n) is 2.06. The fourth-order valence-electron chi connectivity index (χ4n) is 1.25. The fraction of sp³-hybridized carbons (Fsp3) is 0.417. The molecule has 3 nitrogen and oxygen atoms in total. The van der Waals surface area contributed by atoms with Crippen LogP contribution >= 0.6 is 0 Å². The zero-order valence-corrected chi connectivity index (χ0v) is 9.58. The molecule has 1 atom stereocenters. The highest BCUT2D eigenvalue weighted by Crippen LogP contribution is 2.18. The topological polar surface area (TPSA) is 34.1 Å². The molecule has 1 rings (SSSR count). The predicted molar refractivity (Wildman–Crippen MR) is 62.0 cm³/mol. The molecule has 0 amide bonds. The normalized spacial score (nSPS) is 12.2. The third-order valence-corrected chi connectivity index (χ3v) is 2.06. The van der Waals surface area contributed by atoms with Crippen LogP contribution in [0.1, 0.15) is 18.3 Å². The van der Waals surface area contributed by atoms with Gasteiger partial charge in [-0.25, -0.2) is 0 Å². The summed E-state index contributed by atoms with van der Waals surface area (Å²) in [5.41, 5.74) is 1.94. The van der Waals surface area contributed by atoms with Crippen LogP contribution in [0, 0.1) is 6.92 Å². The number of aromatic nitrogens is 1. The standard InChI is InChI=1S/C12H18N2O/c1-5-10(3)15-12-7-6-9(2)14-11(12)8-13-4/h5-7,10,13H,1,8H2,2-4H3. The lowest BCUT2D eigenvalue weighted by Gasteiger charge is -2.14.